The van der Waals surface area contributed by atoms with Gasteiger partial charge in [-0.3, -0.25) is 14.5 Å². The Balaban J connectivity index is 1.95. The van der Waals surface area contributed by atoms with Crippen molar-refractivity contribution >= 4 is 65.8 Å². The Morgan fingerprint density at radius 3 is 2.46 bits per heavy atom. The minimum Gasteiger partial charge on any atom is -0.507 e. The van der Waals surface area contributed by atoms with E-state index in [-0.39, 0.29) is 11.3 Å². The van der Waals surface area contributed by atoms with E-state index in [9.17, 15) is 14.7 Å². The van der Waals surface area contributed by atoms with Gasteiger partial charge in [0.25, 0.3) is 5.78 Å². The molecule has 2 aromatic carbocycles. The van der Waals surface area contributed by atoms with Gasteiger partial charge in [0, 0.05) is 26.1 Å². The molecule has 1 unspecified atom stereocenters. The molecule has 140 valence electrons. The van der Waals surface area contributed by atoms with Gasteiger partial charge in [-0.05, 0) is 29.8 Å². The number of nitrogens with zero attached hydrogens (tertiary/aromatic N) is 2. The third kappa shape index (κ3) is 3.32. The van der Waals surface area contributed by atoms with Crippen LogP contribution in [0.4, 0.5) is 5.13 Å². The number of ketones is 1. The molecule has 2 heterocycles. The van der Waals surface area contributed by atoms with Crippen molar-refractivity contribution in [3.8, 4) is 0 Å². The molecule has 1 fully saturated rings. The molecule has 1 saturated heterocycles. The molecular formula is C20H12Br2N2O3S. The Kier molecular flexibility index (Phi) is 5.18. The molecule has 0 radical (unpaired) electrons. The fourth-order valence-electron chi connectivity index (χ4n) is 3.12. The number of carbonyl (C=O) groups excluding carboxylic acids is 2. The maximum atomic E-state index is 12.9. The van der Waals surface area contributed by atoms with Gasteiger partial charge >= 0.3 is 5.91 Å². The lowest BCUT2D eigenvalue weighted by Gasteiger charge is -2.23. The molecule has 1 atom stereocenters. The summed E-state index contributed by atoms with van der Waals surface area (Å²) >= 11 is 8.05. The van der Waals surface area contributed by atoms with Gasteiger partial charge in [0.15, 0.2) is 5.13 Å². The summed E-state index contributed by atoms with van der Waals surface area (Å²) in [6.07, 6.45) is 1.58. The first-order chi connectivity index (χ1) is 13.5. The summed E-state index contributed by atoms with van der Waals surface area (Å²) < 4.78 is 1.65. The predicted molar refractivity (Wildman–Crippen MR) is 115 cm³/mol. The molecule has 5 nitrogen and oxygen atoms in total. The van der Waals surface area contributed by atoms with Crippen molar-refractivity contribution in [2.45, 2.75) is 6.04 Å². The van der Waals surface area contributed by atoms with Crippen LogP contribution in [0.3, 0.4) is 0 Å². The molecule has 28 heavy (non-hydrogen) atoms. The second-order valence-electron chi connectivity index (χ2n) is 6.05. The van der Waals surface area contributed by atoms with Gasteiger partial charge in [-0.1, -0.05) is 56.1 Å². The normalized spacial score (nSPS) is 18.6. The zero-order valence-electron chi connectivity index (χ0n) is 14.2. The molecule has 1 amide bonds. The van der Waals surface area contributed by atoms with Gasteiger partial charge in [0.2, 0.25) is 0 Å². The molecule has 1 N–H and O–H groups in total. The highest BCUT2D eigenvalue weighted by molar-refractivity contribution is 9.10. The van der Waals surface area contributed by atoms with Crippen LogP contribution in [0.25, 0.3) is 5.76 Å². The van der Waals surface area contributed by atoms with Crippen LogP contribution in [0.2, 0.25) is 0 Å². The van der Waals surface area contributed by atoms with Crippen molar-refractivity contribution < 1.29 is 14.7 Å². The van der Waals surface area contributed by atoms with E-state index in [1.807, 2.05) is 24.3 Å². The number of anilines is 1. The van der Waals surface area contributed by atoms with E-state index < -0.39 is 17.7 Å². The van der Waals surface area contributed by atoms with Crippen LogP contribution < -0.4 is 4.90 Å². The van der Waals surface area contributed by atoms with Gasteiger partial charge in [0.05, 0.1) is 11.6 Å². The van der Waals surface area contributed by atoms with Crippen LogP contribution in [-0.2, 0) is 9.59 Å². The smallest absolute Gasteiger partial charge is 0.301 e. The molecule has 1 aliphatic heterocycles. The Bertz CT molecular complexity index is 1090. The molecule has 1 aliphatic rings. The number of hydrogen-bond donors (Lipinski definition) is 1. The quantitative estimate of drug-likeness (QED) is 0.290. The number of aromatic nitrogens is 1. The number of aliphatic hydroxyl groups is 1. The number of halogens is 2. The van der Waals surface area contributed by atoms with Crippen molar-refractivity contribution in [3.63, 3.8) is 0 Å². The van der Waals surface area contributed by atoms with Gasteiger partial charge in [-0.25, -0.2) is 4.98 Å². The summed E-state index contributed by atoms with van der Waals surface area (Å²) in [5.41, 5.74) is 1.20. The van der Waals surface area contributed by atoms with Crippen molar-refractivity contribution in [3.05, 3.63) is 85.8 Å². The van der Waals surface area contributed by atoms with Gasteiger partial charge < -0.3 is 5.11 Å². The fourth-order valence-corrected chi connectivity index (χ4v) is 4.47. The van der Waals surface area contributed by atoms with Gasteiger partial charge in [0.1, 0.15) is 5.76 Å². The molecule has 3 aromatic rings. The monoisotopic (exact) mass is 518 g/mol. The minimum atomic E-state index is -0.771. The summed E-state index contributed by atoms with van der Waals surface area (Å²) in [4.78, 5) is 31.3. The first kappa shape index (κ1) is 19.0. The van der Waals surface area contributed by atoms with E-state index in [2.05, 4.69) is 36.8 Å². The van der Waals surface area contributed by atoms with Crippen LogP contribution in [0, 0.1) is 0 Å². The molecule has 0 saturated carbocycles. The minimum absolute atomic E-state index is 0.0422. The maximum Gasteiger partial charge on any atom is 0.301 e. The third-order valence-electron chi connectivity index (χ3n) is 4.35. The summed E-state index contributed by atoms with van der Waals surface area (Å²) in [5.74, 6) is -1.66. The molecular weight excluding hydrogens is 508 g/mol. The number of amides is 1. The van der Waals surface area contributed by atoms with E-state index in [0.717, 1.165) is 8.95 Å². The number of thiazole rings is 1. The Labute approximate surface area is 181 Å². The second-order valence-corrected chi connectivity index (χ2v) is 8.75. The average molecular weight is 520 g/mol. The molecule has 0 bridgehead atoms. The number of Topliss-reactive ketones (excluding diaryl/α,β-unsaturated/α-hetero) is 1. The summed E-state index contributed by atoms with van der Waals surface area (Å²) in [6, 6.07) is 13.5. The maximum absolute atomic E-state index is 12.9. The van der Waals surface area contributed by atoms with Crippen LogP contribution in [-0.4, -0.2) is 21.8 Å². The number of benzene rings is 2. The van der Waals surface area contributed by atoms with Crippen LogP contribution >= 0.6 is 43.2 Å². The summed E-state index contributed by atoms with van der Waals surface area (Å²) in [6.45, 7) is 0. The SMILES string of the molecule is O=C1C(=O)N(c2nccs2)C(c2cccc(Br)c2)C1=C(O)c1ccc(Br)cc1. The lowest BCUT2D eigenvalue weighted by molar-refractivity contribution is -0.132. The number of hydrogen-bond acceptors (Lipinski definition) is 5. The van der Waals surface area contributed by atoms with Crippen LogP contribution in [0.1, 0.15) is 17.2 Å². The molecule has 8 heteroatoms. The standard InChI is InChI=1S/C20H12Br2N2O3S/c21-13-6-4-11(5-7-13)17(25)15-16(12-2-1-3-14(22)10-12)24(19(27)18(15)26)20-23-8-9-28-20/h1-10,16,25H. The molecule has 1 aromatic heterocycles. The topological polar surface area (TPSA) is 70.5 Å². The highest BCUT2D eigenvalue weighted by Crippen LogP contribution is 2.43. The highest BCUT2D eigenvalue weighted by Gasteiger charge is 2.47. The highest BCUT2D eigenvalue weighted by atomic mass is 79.9. The van der Waals surface area contributed by atoms with Gasteiger partial charge in [-0.2, -0.15) is 0 Å². The molecule has 4 rings (SSSR count). The fraction of sp³-hybridized carbons (Fsp3) is 0.0500. The van der Waals surface area contributed by atoms with Crippen LogP contribution in [0.15, 0.2) is 74.6 Å². The molecule has 0 spiro atoms. The van der Waals surface area contributed by atoms with Gasteiger partial charge in [-0.15, -0.1) is 11.3 Å². The number of aliphatic hydroxyl groups excluding tert-OH is 1. The predicted octanol–water partition coefficient (Wildman–Crippen LogP) is 5.29. The first-order valence-corrected chi connectivity index (χ1v) is 10.7. The first-order valence-electron chi connectivity index (χ1n) is 8.19. The van der Waals surface area contributed by atoms with Crippen molar-refractivity contribution in [1.82, 2.24) is 4.98 Å². The van der Waals surface area contributed by atoms with Crippen molar-refractivity contribution in [2.24, 2.45) is 0 Å². The van der Waals surface area contributed by atoms with E-state index in [4.69, 9.17) is 0 Å². The zero-order valence-corrected chi connectivity index (χ0v) is 18.2. The van der Waals surface area contributed by atoms with Crippen molar-refractivity contribution in [2.75, 3.05) is 4.90 Å². The largest absolute Gasteiger partial charge is 0.507 e. The second kappa shape index (κ2) is 7.62. The van der Waals surface area contributed by atoms with E-state index >= 15 is 0 Å². The lowest BCUT2D eigenvalue weighted by atomic mass is 9.95. The Morgan fingerprint density at radius 2 is 1.82 bits per heavy atom. The number of rotatable bonds is 3. The van der Waals surface area contributed by atoms with Crippen molar-refractivity contribution in [1.29, 1.82) is 0 Å². The van der Waals surface area contributed by atoms with E-state index in [0.29, 0.717) is 16.3 Å². The third-order valence-corrected chi connectivity index (χ3v) is 6.14. The lowest BCUT2D eigenvalue weighted by Crippen LogP contribution is -2.29. The number of carbonyl (C=O) groups is 2. The summed E-state index contributed by atoms with van der Waals surface area (Å²) in [5, 5.41) is 13.1. The van der Waals surface area contributed by atoms with E-state index in [1.54, 1.807) is 35.8 Å². The average Bonchev–Trinajstić information content (AvgIpc) is 3.29. The summed E-state index contributed by atoms with van der Waals surface area (Å²) in [7, 11) is 0. The van der Waals surface area contributed by atoms with E-state index in [1.165, 1.54) is 16.2 Å². The van der Waals surface area contributed by atoms with Crippen LogP contribution in [0.5, 0.6) is 0 Å². The Hall–Kier alpha value is -2.29. The Morgan fingerprint density at radius 1 is 1.07 bits per heavy atom. The zero-order chi connectivity index (χ0) is 19.8. The molecule has 0 aliphatic carbocycles.